The third-order valence-electron chi connectivity index (χ3n) is 6.48. The molecule has 2 aliphatic rings. The molecule has 3 amide bonds. The number of rotatable bonds is 4. The van der Waals surface area contributed by atoms with Gasteiger partial charge in [0.15, 0.2) is 0 Å². The predicted octanol–water partition coefficient (Wildman–Crippen LogP) is 5.79. The summed E-state index contributed by atoms with van der Waals surface area (Å²) in [6.45, 7) is 3.83. The SMILES string of the molecule is CCC1(CC)C[C@@H](NC(=O)Nc2ccc3c(c2)NC(=O)CC3)c2ccc(C(F)(F)F)cc2O1. The average molecular weight is 461 g/mol. The van der Waals surface area contributed by atoms with Crippen LogP contribution in [0.3, 0.4) is 0 Å². The Hall–Kier alpha value is -3.23. The van der Waals surface area contributed by atoms with E-state index in [-0.39, 0.29) is 11.7 Å². The van der Waals surface area contributed by atoms with Crippen LogP contribution in [-0.4, -0.2) is 17.5 Å². The molecule has 4 rings (SSSR count). The van der Waals surface area contributed by atoms with E-state index in [9.17, 15) is 22.8 Å². The van der Waals surface area contributed by atoms with Crippen LogP contribution in [0.5, 0.6) is 5.75 Å². The lowest BCUT2D eigenvalue weighted by molar-refractivity contribution is -0.137. The van der Waals surface area contributed by atoms with Gasteiger partial charge in [-0.25, -0.2) is 4.79 Å². The van der Waals surface area contributed by atoms with E-state index in [4.69, 9.17) is 4.74 Å². The minimum Gasteiger partial charge on any atom is -0.487 e. The van der Waals surface area contributed by atoms with Crippen LogP contribution >= 0.6 is 0 Å². The third-order valence-corrected chi connectivity index (χ3v) is 6.48. The molecular weight excluding hydrogens is 435 g/mol. The van der Waals surface area contributed by atoms with E-state index in [1.807, 2.05) is 19.9 Å². The summed E-state index contributed by atoms with van der Waals surface area (Å²) >= 11 is 0. The van der Waals surface area contributed by atoms with Crippen LogP contribution in [0, 0.1) is 0 Å². The first-order valence-corrected chi connectivity index (χ1v) is 11.0. The maximum atomic E-state index is 13.2. The van der Waals surface area contributed by atoms with Crippen LogP contribution in [0.4, 0.5) is 29.3 Å². The highest BCUT2D eigenvalue weighted by atomic mass is 19.4. The smallest absolute Gasteiger partial charge is 0.416 e. The van der Waals surface area contributed by atoms with Crippen molar-refractivity contribution in [3.05, 3.63) is 53.1 Å². The zero-order chi connectivity index (χ0) is 23.8. The summed E-state index contributed by atoms with van der Waals surface area (Å²) in [5, 5.41) is 8.45. The number of fused-ring (bicyclic) bond motifs is 2. The lowest BCUT2D eigenvalue weighted by Gasteiger charge is -2.42. The maximum Gasteiger partial charge on any atom is 0.416 e. The molecule has 0 radical (unpaired) electrons. The molecule has 9 heteroatoms. The van der Waals surface area contributed by atoms with Crippen molar-refractivity contribution >= 4 is 23.3 Å². The van der Waals surface area contributed by atoms with Crippen LogP contribution in [0.15, 0.2) is 36.4 Å². The van der Waals surface area contributed by atoms with Crippen molar-refractivity contribution in [1.29, 1.82) is 0 Å². The molecule has 1 atom stereocenters. The zero-order valence-electron chi connectivity index (χ0n) is 18.4. The summed E-state index contributed by atoms with van der Waals surface area (Å²) in [7, 11) is 0. The van der Waals surface area contributed by atoms with Crippen molar-refractivity contribution in [2.24, 2.45) is 0 Å². The number of amides is 3. The van der Waals surface area contributed by atoms with Crippen molar-refractivity contribution in [2.75, 3.05) is 10.6 Å². The van der Waals surface area contributed by atoms with Gasteiger partial charge in [-0.05, 0) is 49.1 Å². The highest BCUT2D eigenvalue weighted by Crippen LogP contribution is 2.45. The number of hydrogen-bond acceptors (Lipinski definition) is 3. The molecule has 0 aliphatic carbocycles. The zero-order valence-corrected chi connectivity index (χ0v) is 18.4. The standard InChI is InChI=1S/C24H26F3N3O3/c1-3-23(4-2)13-19(17-9-7-15(24(25,26)27)11-20(17)33-23)30-22(32)28-16-8-5-14-6-10-21(31)29-18(14)12-16/h5,7-9,11-12,19H,3-4,6,10,13H2,1-2H3,(H,29,31)(H2,28,30,32)/t19-/m1/s1. The Bertz CT molecular complexity index is 1080. The first-order valence-electron chi connectivity index (χ1n) is 11.0. The van der Waals surface area contributed by atoms with E-state index in [0.717, 1.165) is 17.7 Å². The molecule has 2 aromatic carbocycles. The van der Waals surface area contributed by atoms with E-state index in [0.29, 0.717) is 49.0 Å². The molecule has 0 unspecified atom stereocenters. The van der Waals surface area contributed by atoms with Gasteiger partial charge in [0, 0.05) is 29.8 Å². The Morgan fingerprint density at radius 2 is 1.91 bits per heavy atom. The Kier molecular flexibility index (Phi) is 5.99. The van der Waals surface area contributed by atoms with E-state index >= 15 is 0 Å². The molecule has 2 aliphatic heterocycles. The minimum absolute atomic E-state index is 0.0726. The van der Waals surface area contributed by atoms with Gasteiger partial charge in [0.2, 0.25) is 5.91 Å². The quantitative estimate of drug-likeness (QED) is 0.539. The molecule has 0 saturated carbocycles. The summed E-state index contributed by atoms with van der Waals surface area (Å²) in [5.41, 5.74) is 1.21. The van der Waals surface area contributed by atoms with Gasteiger partial charge in [0.1, 0.15) is 11.4 Å². The van der Waals surface area contributed by atoms with Gasteiger partial charge in [0.25, 0.3) is 0 Å². The number of anilines is 2. The fraction of sp³-hybridized carbons (Fsp3) is 0.417. The van der Waals surface area contributed by atoms with Crippen molar-refractivity contribution in [3.8, 4) is 5.75 Å². The van der Waals surface area contributed by atoms with Gasteiger partial charge in [0.05, 0.1) is 11.6 Å². The maximum absolute atomic E-state index is 13.2. The van der Waals surface area contributed by atoms with Crippen LogP contribution < -0.4 is 20.7 Å². The molecule has 0 fully saturated rings. The Labute approximate surface area is 189 Å². The molecule has 2 heterocycles. The largest absolute Gasteiger partial charge is 0.487 e. The van der Waals surface area contributed by atoms with E-state index in [2.05, 4.69) is 16.0 Å². The highest BCUT2D eigenvalue weighted by molar-refractivity contribution is 5.96. The number of hydrogen-bond donors (Lipinski definition) is 3. The monoisotopic (exact) mass is 461 g/mol. The Morgan fingerprint density at radius 1 is 1.15 bits per heavy atom. The predicted molar refractivity (Wildman–Crippen MR) is 118 cm³/mol. The van der Waals surface area contributed by atoms with Crippen molar-refractivity contribution in [2.45, 2.75) is 63.8 Å². The number of urea groups is 1. The van der Waals surface area contributed by atoms with Gasteiger partial charge in [-0.15, -0.1) is 0 Å². The van der Waals surface area contributed by atoms with E-state index < -0.39 is 29.4 Å². The van der Waals surface area contributed by atoms with Gasteiger partial charge >= 0.3 is 12.2 Å². The first kappa shape index (κ1) is 22.9. The van der Waals surface area contributed by atoms with E-state index in [1.54, 1.807) is 12.1 Å². The summed E-state index contributed by atoms with van der Waals surface area (Å²) in [6.07, 6.45) is -1.81. The lowest BCUT2D eigenvalue weighted by Crippen LogP contribution is -2.45. The van der Waals surface area contributed by atoms with E-state index in [1.165, 1.54) is 6.07 Å². The molecule has 176 valence electrons. The molecule has 2 aromatic rings. The van der Waals surface area contributed by atoms with Crippen molar-refractivity contribution in [1.82, 2.24) is 5.32 Å². The molecule has 6 nitrogen and oxygen atoms in total. The highest BCUT2D eigenvalue weighted by Gasteiger charge is 2.41. The minimum atomic E-state index is -4.49. The second-order valence-corrected chi connectivity index (χ2v) is 8.52. The molecule has 33 heavy (non-hydrogen) atoms. The molecule has 0 aromatic heterocycles. The second-order valence-electron chi connectivity index (χ2n) is 8.52. The summed E-state index contributed by atoms with van der Waals surface area (Å²) in [6, 6.07) is 7.68. The first-order chi connectivity index (χ1) is 15.6. The Balaban J connectivity index is 1.56. The second kappa shape index (κ2) is 8.61. The molecule has 3 N–H and O–H groups in total. The summed E-state index contributed by atoms with van der Waals surface area (Å²) < 4.78 is 45.8. The molecular formula is C24H26F3N3O3. The summed E-state index contributed by atoms with van der Waals surface area (Å²) in [5.74, 6) is 0.0678. The van der Waals surface area contributed by atoms with Crippen molar-refractivity contribution in [3.63, 3.8) is 0 Å². The normalized spacial score (nSPS) is 18.9. The number of carbonyl (C=O) groups is 2. The van der Waals surface area contributed by atoms with Gasteiger partial charge in [-0.2, -0.15) is 13.2 Å². The number of aryl methyl sites for hydroxylation is 1. The Morgan fingerprint density at radius 3 is 2.61 bits per heavy atom. The fourth-order valence-corrected chi connectivity index (χ4v) is 4.43. The van der Waals surface area contributed by atoms with Gasteiger partial charge in [-0.3, -0.25) is 4.79 Å². The molecule has 0 bridgehead atoms. The average Bonchev–Trinajstić information content (AvgIpc) is 2.77. The summed E-state index contributed by atoms with van der Waals surface area (Å²) in [4.78, 5) is 24.5. The fourth-order valence-electron chi connectivity index (χ4n) is 4.43. The van der Waals surface area contributed by atoms with Gasteiger partial charge < -0.3 is 20.7 Å². The number of nitrogens with one attached hydrogen (secondary N) is 3. The number of carbonyl (C=O) groups excluding carboxylic acids is 2. The van der Waals surface area contributed by atoms with Crippen LogP contribution in [-0.2, 0) is 17.4 Å². The van der Waals surface area contributed by atoms with Gasteiger partial charge in [-0.1, -0.05) is 26.0 Å². The number of alkyl halides is 3. The topological polar surface area (TPSA) is 79.5 Å². The lowest BCUT2D eigenvalue weighted by atomic mass is 9.83. The number of ether oxygens (including phenoxy) is 1. The number of halogens is 3. The van der Waals surface area contributed by atoms with Crippen LogP contribution in [0.1, 0.15) is 62.3 Å². The van der Waals surface area contributed by atoms with Crippen LogP contribution in [0.25, 0.3) is 0 Å². The van der Waals surface area contributed by atoms with Crippen molar-refractivity contribution < 1.29 is 27.5 Å². The molecule has 0 spiro atoms. The third kappa shape index (κ3) is 4.77. The van der Waals surface area contributed by atoms with Crippen LogP contribution in [0.2, 0.25) is 0 Å². The molecule has 0 saturated heterocycles. The number of benzene rings is 2.